The lowest BCUT2D eigenvalue weighted by molar-refractivity contribution is 0.0757. The van der Waals surface area contributed by atoms with Gasteiger partial charge in [-0.05, 0) is 56.2 Å². The summed E-state index contributed by atoms with van der Waals surface area (Å²) in [4.78, 5) is 20.1. The van der Waals surface area contributed by atoms with Crippen LogP contribution in [0.5, 0.6) is 5.75 Å². The topological polar surface area (TPSA) is 42.4 Å². The van der Waals surface area contributed by atoms with Crippen LogP contribution in [0, 0.1) is 0 Å². The summed E-state index contributed by atoms with van der Waals surface area (Å²) in [5, 5.41) is 0.902. The molecule has 2 aromatic carbocycles. The molecule has 0 saturated heterocycles. The smallest absolute Gasteiger partial charge is 0.254 e. The lowest BCUT2D eigenvalue weighted by Gasteiger charge is -2.22. The fourth-order valence-electron chi connectivity index (χ4n) is 3.41. The van der Waals surface area contributed by atoms with E-state index in [0.717, 1.165) is 59.4 Å². The molecule has 1 amide bonds. The van der Waals surface area contributed by atoms with E-state index in [1.807, 2.05) is 66.4 Å². The van der Waals surface area contributed by atoms with Crippen molar-refractivity contribution in [2.24, 2.45) is 0 Å². The molecule has 0 N–H and O–H groups in total. The summed E-state index contributed by atoms with van der Waals surface area (Å²) in [7, 11) is 0. The predicted octanol–water partition coefficient (Wildman–Crippen LogP) is 5.56. The van der Waals surface area contributed by atoms with Crippen molar-refractivity contribution in [1.82, 2.24) is 9.88 Å². The summed E-state index contributed by atoms with van der Waals surface area (Å²) >= 11 is 0. The number of carbonyl (C=O) groups excluding carboxylic acids is 1. The van der Waals surface area contributed by atoms with E-state index in [4.69, 9.17) is 9.72 Å². The van der Waals surface area contributed by atoms with Crippen LogP contribution in [0.1, 0.15) is 44.0 Å². The first-order valence-electron chi connectivity index (χ1n) is 10.1. The largest absolute Gasteiger partial charge is 0.494 e. The van der Waals surface area contributed by atoms with Crippen LogP contribution >= 0.6 is 0 Å². The number of para-hydroxylation sites is 1. The van der Waals surface area contributed by atoms with Gasteiger partial charge in [-0.1, -0.05) is 32.0 Å². The minimum absolute atomic E-state index is 0.0782. The number of rotatable bonds is 8. The van der Waals surface area contributed by atoms with Crippen molar-refractivity contribution in [2.75, 3.05) is 19.7 Å². The highest BCUT2D eigenvalue weighted by Crippen LogP contribution is 2.27. The number of ether oxygens (including phenoxy) is 1. The highest BCUT2D eigenvalue weighted by atomic mass is 16.5. The molecule has 0 bridgehead atoms. The summed E-state index contributed by atoms with van der Waals surface area (Å²) in [6.45, 7) is 8.34. The molecule has 0 fully saturated rings. The van der Waals surface area contributed by atoms with E-state index < -0.39 is 0 Å². The van der Waals surface area contributed by atoms with E-state index in [-0.39, 0.29) is 5.91 Å². The van der Waals surface area contributed by atoms with Crippen LogP contribution in [0.4, 0.5) is 0 Å². The first-order valence-corrected chi connectivity index (χ1v) is 10.1. The van der Waals surface area contributed by atoms with Gasteiger partial charge in [0, 0.05) is 24.0 Å². The molecule has 0 aliphatic carbocycles. The maximum Gasteiger partial charge on any atom is 0.254 e. The van der Waals surface area contributed by atoms with Gasteiger partial charge >= 0.3 is 0 Å². The molecule has 0 spiro atoms. The molecular formula is C24H28N2O2. The van der Waals surface area contributed by atoms with E-state index >= 15 is 0 Å². The first-order chi connectivity index (χ1) is 13.7. The number of amides is 1. The number of fused-ring (bicyclic) bond motifs is 1. The third-order valence-corrected chi connectivity index (χ3v) is 4.68. The van der Waals surface area contributed by atoms with Gasteiger partial charge < -0.3 is 9.64 Å². The first kappa shape index (κ1) is 19.9. The molecule has 0 aliphatic rings. The van der Waals surface area contributed by atoms with Gasteiger partial charge in [-0.25, -0.2) is 4.98 Å². The van der Waals surface area contributed by atoms with Crippen LogP contribution < -0.4 is 4.74 Å². The van der Waals surface area contributed by atoms with E-state index in [0.29, 0.717) is 6.61 Å². The van der Waals surface area contributed by atoms with Crippen LogP contribution in [-0.2, 0) is 0 Å². The second-order valence-corrected chi connectivity index (χ2v) is 6.82. The number of hydrogen-bond acceptors (Lipinski definition) is 3. The quantitative estimate of drug-likeness (QED) is 0.517. The number of benzene rings is 2. The molecule has 3 aromatic rings. The Kier molecular flexibility index (Phi) is 6.64. The van der Waals surface area contributed by atoms with E-state index in [9.17, 15) is 4.79 Å². The van der Waals surface area contributed by atoms with Crippen LogP contribution in [-0.4, -0.2) is 35.5 Å². The van der Waals surface area contributed by atoms with Crippen LogP contribution in [0.15, 0.2) is 54.6 Å². The molecule has 1 aromatic heterocycles. The molecule has 0 radical (unpaired) electrons. The molecule has 28 heavy (non-hydrogen) atoms. The second-order valence-electron chi connectivity index (χ2n) is 6.82. The normalized spacial score (nSPS) is 10.8. The Hall–Kier alpha value is -2.88. The summed E-state index contributed by atoms with van der Waals surface area (Å²) in [6.07, 6.45) is 1.89. The highest BCUT2D eigenvalue weighted by Gasteiger charge is 2.19. The minimum Gasteiger partial charge on any atom is -0.494 e. The maximum atomic E-state index is 13.3. The lowest BCUT2D eigenvalue weighted by atomic mass is 10.0. The van der Waals surface area contributed by atoms with Gasteiger partial charge in [-0.15, -0.1) is 0 Å². The Morgan fingerprint density at radius 3 is 2.29 bits per heavy atom. The summed E-state index contributed by atoms with van der Waals surface area (Å²) in [5.41, 5.74) is 3.33. The van der Waals surface area contributed by atoms with Gasteiger partial charge in [0.05, 0.1) is 23.4 Å². The summed E-state index contributed by atoms with van der Waals surface area (Å²) < 4.78 is 5.53. The third kappa shape index (κ3) is 4.33. The van der Waals surface area contributed by atoms with Crippen LogP contribution in [0.2, 0.25) is 0 Å². The van der Waals surface area contributed by atoms with Crippen LogP contribution in [0.3, 0.4) is 0 Å². The van der Waals surface area contributed by atoms with Crippen molar-refractivity contribution in [3.05, 3.63) is 60.2 Å². The van der Waals surface area contributed by atoms with Gasteiger partial charge in [0.25, 0.3) is 5.91 Å². The number of pyridine rings is 1. The Bertz CT molecular complexity index is 929. The van der Waals surface area contributed by atoms with Crippen molar-refractivity contribution in [1.29, 1.82) is 0 Å². The molecule has 4 nitrogen and oxygen atoms in total. The van der Waals surface area contributed by atoms with Gasteiger partial charge in [0.2, 0.25) is 0 Å². The van der Waals surface area contributed by atoms with Crippen molar-refractivity contribution < 1.29 is 9.53 Å². The molecule has 146 valence electrons. The third-order valence-electron chi connectivity index (χ3n) is 4.68. The molecular weight excluding hydrogens is 348 g/mol. The molecule has 0 unspecified atom stereocenters. The number of carbonyl (C=O) groups is 1. The number of nitrogens with zero attached hydrogens (tertiary/aromatic N) is 2. The zero-order valence-corrected chi connectivity index (χ0v) is 16.9. The van der Waals surface area contributed by atoms with Crippen LogP contribution in [0.25, 0.3) is 22.2 Å². The lowest BCUT2D eigenvalue weighted by Crippen LogP contribution is -2.32. The molecule has 3 rings (SSSR count). The Morgan fingerprint density at radius 2 is 1.64 bits per heavy atom. The Balaban J connectivity index is 2.07. The summed E-state index contributed by atoms with van der Waals surface area (Å²) in [5.74, 6) is 0.912. The second kappa shape index (κ2) is 9.36. The van der Waals surface area contributed by atoms with Crippen molar-refractivity contribution in [3.8, 4) is 17.0 Å². The van der Waals surface area contributed by atoms with Gasteiger partial charge in [-0.3, -0.25) is 4.79 Å². The van der Waals surface area contributed by atoms with Crippen molar-refractivity contribution in [3.63, 3.8) is 0 Å². The molecule has 4 heteroatoms. The van der Waals surface area contributed by atoms with E-state index in [1.54, 1.807) is 0 Å². The van der Waals surface area contributed by atoms with Gasteiger partial charge in [0.1, 0.15) is 5.75 Å². The molecule has 0 atom stereocenters. The minimum atomic E-state index is 0.0782. The number of aromatic nitrogens is 1. The number of hydrogen-bond donors (Lipinski definition) is 0. The molecule has 0 aliphatic heterocycles. The summed E-state index contributed by atoms with van der Waals surface area (Å²) in [6, 6.07) is 17.7. The Morgan fingerprint density at radius 1 is 0.964 bits per heavy atom. The molecule has 0 saturated carbocycles. The van der Waals surface area contributed by atoms with Gasteiger partial charge in [0.15, 0.2) is 0 Å². The van der Waals surface area contributed by atoms with Crippen molar-refractivity contribution >= 4 is 16.8 Å². The van der Waals surface area contributed by atoms with Gasteiger partial charge in [-0.2, -0.15) is 0 Å². The zero-order valence-electron chi connectivity index (χ0n) is 16.9. The zero-order chi connectivity index (χ0) is 19.9. The Labute approximate surface area is 167 Å². The predicted molar refractivity (Wildman–Crippen MR) is 115 cm³/mol. The average Bonchev–Trinajstić information content (AvgIpc) is 2.73. The van der Waals surface area contributed by atoms with E-state index in [1.165, 1.54) is 0 Å². The fraction of sp³-hybridized carbons (Fsp3) is 0.333. The maximum absolute atomic E-state index is 13.3. The average molecular weight is 377 g/mol. The SMILES string of the molecule is CCCN(CCC)C(=O)c1cc(-c2ccc(OCC)cc2)nc2ccccc12. The van der Waals surface area contributed by atoms with E-state index in [2.05, 4.69) is 13.8 Å². The molecule has 1 heterocycles. The standard InChI is InChI=1S/C24H28N2O2/c1-4-15-26(16-5-2)24(27)21-17-23(25-22-10-8-7-9-20(21)22)18-11-13-19(14-12-18)28-6-3/h7-14,17H,4-6,15-16H2,1-3H3. The monoisotopic (exact) mass is 376 g/mol. The van der Waals surface area contributed by atoms with Crippen molar-refractivity contribution in [2.45, 2.75) is 33.6 Å². The fourth-order valence-corrected chi connectivity index (χ4v) is 3.41. The highest BCUT2D eigenvalue weighted by molar-refractivity contribution is 6.07.